The van der Waals surface area contributed by atoms with Crippen LogP contribution in [0.5, 0.6) is 0 Å². The van der Waals surface area contributed by atoms with Crippen molar-refractivity contribution in [3.8, 4) is 6.07 Å². The number of halogens is 2. The van der Waals surface area contributed by atoms with Crippen LogP contribution in [0.25, 0.3) is 0 Å². The number of nitrogens with zero attached hydrogens (tertiary/aromatic N) is 1. The van der Waals surface area contributed by atoms with E-state index in [1.165, 1.54) is 12.1 Å². The lowest BCUT2D eigenvalue weighted by atomic mass is 10.2. The van der Waals surface area contributed by atoms with Gasteiger partial charge in [0.2, 0.25) is 0 Å². The predicted octanol–water partition coefficient (Wildman–Crippen LogP) is 4.40. The molecule has 2 nitrogen and oxygen atoms in total. The molecule has 90 valence electrons. The molecule has 4 heteroatoms. The van der Waals surface area contributed by atoms with Gasteiger partial charge in [0.05, 0.1) is 22.3 Å². The van der Waals surface area contributed by atoms with Crippen LogP contribution >= 0.6 is 11.6 Å². The lowest BCUT2D eigenvalue weighted by Gasteiger charge is -2.09. The van der Waals surface area contributed by atoms with Gasteiger partial charge in [0.25, 0.3) is 0 Å². The number of nitriles is 1. The van der Waals surface area contributed by atoms with Crippen molar-refractivity contribution in [3.05, 3.63) is 58.4 Å². The van der Waals surface area contributed by atoms with Crippen LogP contribution in [0.15, 0.2) is 36.4 Å². The van der Waals surface area contributed by atoms with E-state index in [9.17, 15) is 4.39 Å². The zero-order valence-electron chi connectivity index (χ0n) is 9.67. The second-order valence-electron chi connectivity index (χ2n) is 3.95. The maximum absolute atomic E-state index is 13.2. The van der Waals surface area contributed by atoms with E-state index < -0.39 is 0 Å². The predicted molar refractivity (Wildman–Crippen MR) is 70.6 cm³/mol. The normalized spacial score (nSPS) is 9.89. The molecule has 0 unspecified atom stereocenters. The SMILES string of the molecule is Cc1cc(F)cc(Nc2ccc(C#N)cc2Cl)c1. The van der Waals surface area contributed by atoms with Crippen LogP contribution in [0.3, 0.4) is 0 Å². The first-order valence-electron chi connectivity index (χ1n) is 5.32. The fourth-order valence-corrected chi connectivity index (χ4v) is 1.88. The number of benzene rings is 2. The van der Waals surface area contributed by atoms with Crippen LogP contribution < -0.4 is 5.32 Å². The third-order valence-corrected chi connectivity index (χ3v) is 2.73. The maximum atomic E-state index is 13.2. The highest BCUT2D eigenvalue weighted by molar-refractivity contribution is 6.33. The molecule has 0 amide bonds. The number of rotatable bonds is 2. The van der Waals surface area contributed by atoms with Crippen LogP contribution in [-0.2, 0) is 0 Å². The zero-order chi connectivity index (χ0) is 13.1. The molecule has 1 N–H and O–H groups in total. The van der Waals surface area contributed by atoms with E-state index in [1.54, 1.807) is 18.2 Å². The summed E-state index contributed by atoms with van der Waals surface area (Å²) >= 11 is 6.03. The smallest absolute Gasteiger partial charge is 0.125 e. The number of anilines is 2. The molecule has 18 heavy (non-hydrogen) atoms. The molecular formula is C14H10ClFN2. The topological polar surface area (TPSA) is 35.8 Å². The fraction of sp³-hybridized carbons (Fsp3) is 0.0714. The standard InChI is InChI=1S/C14H10ClFN2/c1-9-4-11(16)7-12(5-9)18-14-3-2-10(8-17)6-13(14)15/h2-7,18H,1H3. The number of hydrogen-bond acceptors (Lipinski definition) is 2. The first kappa shape index (κ1) is 12.4. The first-order valence-corrected chi connectivity index (χ1v) is 5.70. The Morgan fingerprint density at radius 1 is 1.22 bits per heavy atom. The van der Waals surface area contributed by atoms with Crippen LogP contribution in [0.2, 0.25) is 5.02 Å². The van der Waals surface area contributed by atoms with Gasteiger partial charge in [-0.05, 0) is 48.9 Å². The van der Waals surface area contributed by atoms with Crippen molar-refractivity contribution in [3.63, 3.8) is 0 Å². The molecule has 0 aliphatic carbocycles. The van der Waals surface area contributed by atoms with Crippen molar-refractivity contribution in [2.24, 2.45) is 0 Å². The minimum absolute atomic E-state index is 0.303. The Morgan fingerprint density at radius 3 is 2.61 bits per heavy atom. The van der Waals surface area contributed by atoms with E-state index >= 15 is 0 Å². The van der Waals surface area contributed by atoms with E-state index in [4.69, 9.17) is 16.9 Å². The molecular weight excluding hydrogens is 251 g/mol. The molecule has 0 radical (unpaired) electrons. The highest BCUT2D eigenvalue weighted by atomic mass is 35.5. The quantitative estimate of drug-likeness (QED) is 0.869. The van der Waals surface area contributed by atoms with Crippen LogP contribution in [0.4, 0.5) is 15.8 Å². The lowest BCUT2D eigenvalue weighted by molar-refractivity contribution is 0.627. The van der Waals surface area contributed by atoms with Crippen LogP contribution in [0.1, 0.15) is 11.1 Å². The molecule has 0 aliphatic heterocycles. The van der Waals surface area contributed by atoms with Crippen LogP contribution in [0, 0.1) is 24.1 Å². The highest BCUT2D eigenvalue weighted by Crippen LogP contribution is 2.27. The van der Waals surface area contributed by atoms with Crippen molar-refractivity contribution in [2.75, 3.05) is 5.32 Å². The minimum atomic E-state index is -0.303. The molecule has 2 aromatic rings. The molecule has 0 saturated heterocycles. The fourth-order valence-electron chi connectivity index (χ4n) is 1.65. The summed E-state index contributed by atoms with van der Waals surface area (Å²) < 4.78 is 13.2. The Kier molecular flexibility index (Phi) is 3.50. The third kappa shape index (κ3) is 2.79. The van der Waals surface area contributed by atoms with Gasteiger partial charge >= 0.3 is 0 Å². The molecule has 0 fully saturated rings. The molecule has 0 aromatic heterocycles. The van der Waals surface area contributed by atoms with Crippen molar-refractivity contribution in [1.29, 1.82) is 5.26 Å². The van der Waals surface area contributed by atoms with E-state index in [0.717, 1.165) is 5.56 Å². The van der Waals surface area contributed by atoms with Gasteiger partial charge in [0.15, 0.2) is 0 Å². The summed E-state index contributed by atoms with van der Waals surface area (Å²) in [5.41, 5.74) is 2.57. The summed E-state index contributed by atoms with van der Waals surface area (Å²) in [6.07, 6.45) is 0. The molecule has 0 heterocycles. The van der Waals surface area contributed by atoms with Crippen molar-refractivity contribution < 1.29 is 4.39 Å². The number of nitrogens with one attached hydrogen (secondary N) is 1. The van der Waals surface area contributed by atoms with Gasteiger partial charge in [0.1, 0.15) is 5.82 Å². The molecule has 0 bridgehead atoms. The molecule has 0 saturated carbocycles. The maximum Gasteiger partial charge on any atom is 0.125 e. The Hall–Kier alpha value is -2.05. The largest absolute Gasteiger partial charge is 0.354 e. The lowest BCUT2D eigenvalue weighted by Crippen LogP contribution is -1.93. The molecule has 2 rings (SSSR count). The Morgan fingerprint density at radius 2 is 2.00 bits per heavy atom. The van der Waals surface area contributed by atoms with Gasteiger partial charge in [-0.25, -0.2) is 4.39 Å². The third-order valence-electron chi connectivity index (χ3n) is 2.42. The van der Waals surface area contributed by atoms with E-state index in [2.05, 4.69) is 5.32 Å². The first-order chi connectivity index (χ1) is 8.58. The van der Waals surface area contributed by atoms with Crippen molar-refractivity contribution in [2.45, 2.75) is 6.92 Å². The number of hydrogen-bond donors (Lipinski definition) is 1. The summed E-state index contributed by atoms with van der Waals surface area (Å²) in [6, 6.07) is 11.6. The average Bonchev–Trinajstić information content (AvgIpc) is 2.30. The minimum Gasteiger partial charge on any atom is -0.354 e. The summed E-state index contributed by atoms with van der Waals surface area (Å²) in [5, 5.41) is 12.2. The molecule has 2 aromatic carbocycles. The molecule has 0 spiro atoms. The van der Waals surface area contributed by atoms with E-state index in [1.807, 2.05) is 19.1 Å². The van der Waals surface area contributed by atoms with Gasteiger partial charge in [-0.15, -0.1) is 0 Å². The van der Waals surface area contributed by atoms with Gasteiger partial charge in [0, 0.05) is 5.69 Å². The summed E-state index contributed by atoms with van der Waals surface area (Å²) in [5.74, 6) is -0.303. The Bertz CT molecular complexity index is 612. The van der Waals surface area contributed by atoms with E-state index in [-0.39, 0.29) is 5.82 Å². The summed E-state index contributed by atoms with van der Waals surface area (Å²) in [6.45, 7) is 1.81. The van der Waals surface area contributed by atoms with Crippen molar-refractivity contribution in [1.82, 2.24) is 0 Å². The second kappa shape index (κ2) is 5.07. The van der Waals surface area contributed by atoms with Crippen molar-refractivity contribution >= 4 is 23.0 Å². The Balaban J connectivity index is 2.31. The average molecular weight is 261 g/mol. The van der Waals surface area contributed by atoms with Gasteiger partial charge in [-0.2, -0.15) is 5.26 Å². The van der Waals surface area contributed by atoms with Gasteiger partial charge in [-0.3, -0.25) is 0 Å². The summed E-state index contributed by atoms with van der Waals surface area (Å²) in [4.78, 5) is 0. The molecule has 0 aliphatic rings. The monoisotopic (exact) mass is 260 g/mol. The van der Waals surface area contributed by atoms with E-state index in [0.29, 0.717) is 22.0 Å². The Labute approximate surface area is 110 Å². The molecule has 0 atom stereocenters. The van der Waals surface area contributed by atoms with Crippen LogP contribution in [-0.4, -0.2) is 0 Å². The van der Waals surface area contributed by atoms with Gasteiger partial charge < -0.3 is 5.32 Å². The number of aryl methyl sites for hydroxylation is 1. The van der Waals surface area contributed by atoms with Gasteiger partial charge in [-0.1, -0.05) is 11.6 Å². The zero-order valence-corrected chi connectivity index (χ0v) is 10.4. The summed E-state index contributed by atoms with van der Waals surface area (Å²) in [7, 11) is 0. The second-order valence-corrected chi connectivity index (χ2v) is 4.36. The highest BCUT2D eigenvalue weighted by Gasteiger charge is 2.04.